The van der Waals surface area contributed by atoms with E-state index in [9.17, 15) is 29.7 Å². The molecule has 0 aliphatic rings. The number of aliphatic hydroxyl groups is 3. The molecular weight excluding hydrogens is 474 g/mol. The first-order chi connectivity index (χ1) is 17.4. The molecule has 3 rings (SSSR count). The van der Waals surface area contributed by atoms with Gasteiger partial charge >= 0.3 is 17.9 Å². The number of pyridine rings is 3. The molecule has 0 fully saturated rings. The molecule has 188 valence electrons. The van der Waals surface area contributed by atoms with Gasteiger partial charge in [-0.15, -0.1) is 0 Å². The summed E-state index contributed by atoms with van der Waals surface area (Å²) in [5.41, 5.74) is 0.101. The molecule has 0 bridgehead atoms. The first-order valence-electron chi connectivity index (χ1n) is 10.7. The molecule has 0 radical (unpaired) electrons. The fourth-order valence-corrected chi connectivity index (χ4v) is 3.01. The van der Waals surface area contributed by atoms with E-state index < -0.39 is 55.5 Å². The summed E-state index contributed by atoms with van der Waals surface area (Å²) in [5, 5.41) is 30.8. The first-order valence-corrected chi connectivity index (χ1v) is 10.7. The first kappa shape index (κ1) is 26.3. The maximum atomic E-state index is 12.7. The van der Waals surface area contributed by atoms with E-state index in [2.05, 4.69) is 15.0 Å². The molecule has 0 amide bonds. The Morgan fingerprint density at radius 2 is 1.11 bits per heavy atom. The lowest BCUT2D eigenvalue weighted by Crippen LogP contribution is -2.52. The minimum Gasteiger partial charge on any atom is -0.459 e. The van der Waals surface area contributed by atoms with Crippen LogP contribution in [0.4, 0.5) is 0 Å². The Bertz CT molecular complexity index is 1130. The van der Waals surface area contributed by atoms with Crippen molar-refractivity contribution in [2.75, 3.05) is 13.2 Å². The summed E-state index contributed by atoms with van der Waals surface area (Å²) in [7, 11) is 0. The highest BCUT2D eigenvalue weighted by Crippen LogP contribution is 2.19. The number of esters is 3. The molecule has 12 heteroatoms. The van der Waals surface area contributed by atoms with Gasteiger partial charge in [-0.3, -0.25) is 15.0 Å². The Kier molecular flexibility index (Phi) is 9.51. The van der Waals surface area contributed by atoms with E-state index >= 15 is 0 Å². The van der Waals surface area contributed by atoms with Crippen molar-refractivity contribution >= 4 is 17.9 Å². The number of aliphatic hydroxyl groups excluding tert-OH is 3. The van der Waals surface area contributed by atoms with Crippen LogP contribution in [0.2, 0.25) is 0 Å². The van der Waals surface area contributed by atoms with Crippen LogP contribution in [0.25, 0.3) is 0 Å². The van der Waals surface area contributed by atoms with Crippen molar-refractivity contribution in [2.24, 2.45) is 0 Å². The van der Waals surface area contributed by atoms with Crippen molar-refractivity contribution in [3.05, 3.63) is 90.3 Å². The van der Waals surface area contributed by atoms with E-state index in [0.717, 1.165) is 0 Å². The second-order valence-corrected chi connectivity index (χ2v) is 7.38. The van der Waals surface area contributed by atoms with Crippen molar-refractivity contribution in [3.63, 3.8) is 0 Å². The Morgan fingerprint density at radius 1 is 0.694 bits per heavy atom. The number of hydrogen-bond acceptors (Lipinski definition) is 12. The van der Waals surface area contributed by atoms with Gasteiger partial charge in [0.2, 0.25) is 0 Å². The summed E-state index contributed by atoms with van der Waals surface area (Å²) in [6, 6.07) is 8.67. The predicted molar refractivity (Wildman–Crippen MR) is 120 cm³/mol. The van der Waals surface area contributed by atoms with Gasteiger partial charge in [0.15, 0.2) is 12.2 Å². The van der Waals surface area contributed by atoms with Crippen molar-refractivity contribution in [3.8, 4) is 0 Å². The number of carbonyl (C=O) groups is 3. The second-order valence-electron chi connectivity index (χ2n) is 7.38. The minimum atomic E-state index is -1.78. The van der Waals surface area contributed by atoms with E-state index in [0.29, 0.717) is 0 Å². The SMILES string of the molecule is O=C(OC[C@@H](O)[C@@H](OC(=O)c1cccnc1)[C@H](OC(=O)c1cccnc1)[C@H](O)CO)c1cccnc1. The molecule has 3 aromatic rings. The summed E-state index contributed by atoms with van der Waals surface area (Å²) >= 11 is 0. The fraction of sp³-hybridized carbons (Fsp3) is 0.250. The summed E-state index contributed by atoms with van der Waals surface area (Å²) in [6.07, 6.45) is 0.892. The number of ether oxygens (including phenoxy) is 3. The number of aromatic nitrogens is 3. The summed E-state index contributed by atoms with van der Waals surface area (Å²) in [5.74, 6) is -2.77. The molecule has 4 atom stereocenters. The van der Waals surface area contributed by atoms with Gasteiger partial charge in [-0.25, -0.2) is 14.4 Å². The molecule has 12 nitrogen and oxygen atoms in total. The molecule has 0 aliphatic carbocycles. The third-order valence-corrected chi connectivity index (χ3v) is 4.83. The van der Waals surface area contributed by atoms with Crippen LogP contribution in [-0.4, -0.2) is 85.8 Å². The smallest absolute Gasteiger partial charge is 0.340 e. The highest BCUT2D eigenvalue weighted by Gasteiger charge is 2.40. The topological polar surface area (TPSA) is 178 Å². The average molecular weight is 497 g/mol. The maximum absolute atomic E-state index is 12.7. The lowest BCUT2D eigenvalue weighted by atomic mass is 10.0. The predicted octanol–water partition coefficient (Wildman–Crippen LogP) is 0.194. The van der Waals surface area contributed by atoms with Crippen LogP contribution in [0.15, 0.2) is 73.6 Å². The number of carbonyl (C=O) groups excluding carboxylic acids is 3. The monoisotopic (exact) mass is 497 g/mol. The summed E-state index contributed by atoms with van der Waals surface area (Å²) in [6.45, 7) is -1.62. The number of hydrogen-bond donors (Lipinski definition) is 3. The highest BCUT2D eigenvalue weighted by molar-refractivity contribution is 5.90. The minimum absolute atomic E-state index is 0.00196. The van der Waals surface area contributed by atoms with E-state index in [1.54, 1.807) is 0 Å². The molecule has 0 aliphatic heterocycles. The van der Waals surface area contributed by atoms with Gasteiger partial charge in [0.25, 0.3) is 0 Å². The van der Waals surface area contributed by atoms with Gasteiger partial charge in [0.05, 0.1) is 23.3 Å². The summed E-state index contributed by atoms with van der Waals surface area (Å²) in [4.78, 5) is 49.0. The lowest BCUT2D eigenvalue weighted by Gasteiger charge is -2.32. The van der Waals surface area contributed by atoms with Crippen LogP contribution in [-0.2, 0) is 14.2 Å². The molecule has 36 heavy (non-hydrogen) atoms. The maximum Gasteiger partial charge on any atom is 0.340 e. The largest absolute Gasteiger partial charge is 0.459 e. The number of nitrogens with zero attached hydrogens (tertiary/aromatic N) is 3. The van der Waals surface area contributed by atoms with Crippen LogP contribution in [0.5, 0.6) is 0 Å². The second kappa shape index (κ2) is 13.0. The van der Waals surface area contributed by atoms with Gasteiger partial charge < -0.3 is 29.5 Å². The molecule has 3 heterocycles. The van der Waals surface area contributed by atoms with Crippen LogP contribution in [0.3, 0.4) is 0 Å². The average Bonchev–Trinajstić information content (AvgIpc) is 2.94. The molecule has 3 N–H and O–H groups in total. The van der Waals surface area contributed by atoms with Crippen LogP contribution in [0, 0.1) is 0 Å². The Morgan fingerprint density at radius 3 is 1.50 bits per heavy atom. The number of rotatable bonds is 11. The van der Waals surface area contributed by atoms with Crippen LogP contribution < -0.4 is 0 Å². The lowest BCUT2D eigenvalue weighted by molar-refractivity contribution is -0.133. The van der Waals surface area contributed by atoms with E-state index in [4.69, 9.17) is 14.2 Å². The zero-order valence-corrected chi connectivity index (χ0v) is 18.8. The quantitative estimate of drug-likeness (QED) is 0.242. The van der Waals surface area contributed by atoms with Crippen molar-refractivity contribution in [1.29, 1.82) is 0 Å². The van der Waals surface area contributed by atoms with Gasteiger partial charge in [0.1, 0.15) is 18.8 Å². The molecule has 3 aromatic heterocycles. The van der Waals surface area contributed by atoms with Crippen LogP contribution in [0.1, 0.15) is 31.1 Å². The highest BCUT2D eigenvalue weighted by atomic mass is 16.6. The van der Waals surface area contributed by atoms with Crippen LogP contribution >= 0.6 is 0 Å². The van der Waals surface area contributed by atoms with Gasteiger partial charge in [-0.2, -0.15) is 0 Å². The van der Waals surface area contributed by atoms with Crippen molar-refractivity contribution in [1.82, 2.24) is 15.0 Å². The summed E-state index contributed by atoms with van der Waals surface area (Å²) < 4.78 is 15.8. The Labute approximate surface area is 205 Å². The molecule has 0 spiro atoms. The molecule has 0 aromatic carbocycles. The molecule has 0 saturated heterocycles. The molecule has 0 saturated carbocycles. The molecule has 0 unspecified atom stereocenters. The zero-order chi connectivity index (χ0) is 25.9. The van der Waals surface area contributed by atoms with Gasteiger partial charge in [0, 0.05) is 37.2 Å². The van der Waals surface area contributed by atoms with E-state index in [1.807, 2.05) is 0 Å². The van der Waals surface area contributed by atoms with E-state index in [1.165, 1.54) is 73.6 Å². The Hall–Kier alpha value is -4.26. The van der Waals surface area contributed by atoms with E-state index in [-0.39, 0.29) is 16.7 Å². The van der Waals surface area contributed by atoms with Gasteiger partial charge in [-0.1, -0.05) is 0 Å². The van der Waals surface area contributed by atoms with Crippen molar-refractivity contribution in [2.45, 2.75) is 24.4 Å². The fourth-order valence-electron chi connectivity index (χ4n) is 3.01. The molecular formula is C24H23N3O9. The third-order valence-electron chi connectivity index (χ3n) is 4.83. The standard InChI is InChI=1S/C24H23N3O9/c28-13-18(29)20(35-23(32)16-5-2-8-26-11-16)21(36-24(33)17-6-3-9-27-12-17)19(30)14-34-22(31)15-4-1-7-25-10-15/h1-12,18-21,28-30H,13-14H2/t18-,19-,20-,21-/m1/s1. The Balaban J connectivity index is 1.84. The third kappa shape index (κ3) is 7.12. The normalized spacial score (nSPS) is 14.1. The van der Waals surface area contributed by atoms with Crippen molar-refractivity contribution < 1.29 is 43.9 Å². The zero-order valence-electron chi connectivity index (χ0n) is 18.8. The van der Waals surface area contributed by atoms with Gasteiger partial charge in [-0.05, 0) is 36.4 Å².